The molecule has 4 nitrogen and oxygen atoms in total. The van der Waals surface area contributed by atoms with Crippen molar-refractivity contribution >= 4 is 11.9 Å². The van der Waals surface area contributed by atoms with Crippen molar-refractivity contribution in [3.05, 3.63) is 11.6 Å². The molecule has 0 atom stereocenters. The molecule has 0 saturated carbocycles. The minimum absolute atomic E-state index is 0.228. The largest absolute Gasteiger partial charge is 0.461 e. The van der Waals surface area contributed by atoms with E-state index in [0.29, 0.717) is 12.8 Å². The molecule has 0 heterocycles. The van der Waals surface area contributed by atoms with E-state index in [2.05, 4.69) is 0 Å². The molecule has 0 spiro atoms. The third-order valence-electron chi connectivity index (χ3n) is 1.71. The molecule has 0 bridgehead atoms. The van der Waals surface area contributed by atoms with Gasteiger partial charge in [-0.2, -0.15) is 0 Å². The average molecular weight is 214 g/mol. The summed E-state index contributed by atoms with van der Waals surface area (Å²) < 4.78 is 9.73. The van der Waals surface area contributed by atoms with Crippen LogP contribution in [0.4, 0.5) is 0 Å². The van der Waals surface area contributed by atoms with E-state index < -0.39 is 0 Å². The van der Waals surface area contributed by atoms with E-state index in [1.54, 1.807) is 19.9 Å². The lowest BCUT2D eigenvalue weighted by molar-refractivity contribution is -0.143. The van der Waals surface area contributed by atoms with Crippen molar-refractivity contribution in [2.75, 3.05) is 13.2 Å². The fourth-order valence-corrected chi connectivity index (χ4v) is 0.734. The summed E-state index contributed by atoms with van der Waals surface area (Å²) in [4.78, 5) is 21.6. The van der Waals surface area contributed by atoms with E-state index >= 15 is 0 Å². The van der Waals surface area contributed by atoms with Crippen LogP contribution < -0.4 is 0 Å². The molecular formula is C11H18O4. The molecule has 0 amide bonds. The number of carbonyl (C=O) groups is 2. The Labute approximate surface area is 90.2 Å². The van der Waals surface area contributed by atoms with Gasteiger partial charge < -0.3 is 9.47 Å². The van der Waals surface area contributed by atoms with E-state index in [1.807, 2.05) is 6.92 Å². The highest BCUT2D eigenvalue weighted by Crippen LogP contribution is 1.96. The third kappa shape index (κ3) is 7.73. The van der Waals surface area contributed by atoms with Crippen molar-refractivity contribution in [3.63, 3.8) is 0 Å². The van der Waals surface area contributed by atoms with Gasteiger partial charge in [-0.3, -0.25) is 9.59 Å². The molecule has 0 unspecified atom stereocenters. The van der Waals surface area contributed by atoms with E-state index in [1.165, 1.54) is 0 Å². The Hall–Kier alpha value is -1.32. The maximum atomic E-state index is 10.8. The van der Waals surface area contributed by atoms with Gasteiger partial charge in [0, 0.05) is 12.8 Å². The molecule has 0 radical (unpaired) electrons. The van der Waals surface area contributed by atoms with E-state index in [0.717, 1.165) is 5.57 Å². The highest BCUT2D eigenvalue weighted by Gasteiger charge is 1.99. The van der Waals surface area contributed by atoms with Crippen LogP contribution in [0.5, 0.6) is 0 Å². The molecular weight excluding hydrogens is 196 g/mol. The van der Waals surface area contributed by atoms with Gasteiger partial charge in [0.15, 0.2) is 0 Å². The van der Waals surface area contributed by atoms with Crippen LogP contribution in [-0.4, -0.2) is 25.2 Å². The number of hydrogen-bond acceptors (Lipinski definition) is 4. The van der Waals surface area contributed by atoms with Gasteiger partial charge in [-0.25, -0.2) is 0 Å². The normalized spacial score (nSPS) is 11.0. The van der Waals surface area contributed by atoms with Gasteiger partial charge in [-0.05, 0) is 18.6 Å². The summed E-state index contributed by atoms with van der Waals surface area (Å²) in [6, 6.07) is 0. The van der Waals surface area contributed by atoms with Crippen molar-refractivity contribution in [2.24, 2.45) is 0 Å². The lowest BCUT2D eigenvalue weighted by Gasteiger charge is -2.04. The lowest BCUT2D eigenvalue weighted by Crippen LogP contribution is -2.06. The summed E-state index contributed by atoms with van der Waals surface area (Å²) in [7, 11) is 0. The zero-order chi connectivity index (χ0) is 11.7. The Morgan fingerprint density at radius 2 is 1.60 bits per heavy atom. The zero-order valence-corrected chi connectivity index (χ0v) is 9.54. The highest BCUT2D eigenvalue weighted by molar-refractivity contribution is 5.69. The number of ether oxygens (including phenoxy) is 2. The molecule has 0 aromatic rings. The fourth-order valence-electron chi connectivity index (χ4n) is 0.734. The number of hydrogen-bond donors (Lipinski definition) is 0. The fraction of sp³-hybridized carbons (Fsp3) is 0.636. The Morgan fingerprint density at radius 3 is 2.13 bits per heavy atom. The lowest BCUT2D eigenvalue weighted by atomic mass is 10.3. The molecule has 0 aliphatic heterocycles. The Kier molecular flexibility index (Phi) is 7.32. The van der Waals surface area contributed by atoms with Crippen molar-refractivity contribution in [2.45, 2.75) is 33.6 Å². The quantitative estimate of drug-likeness (QED) is 0.500. The summed E-state index contributed by atoms with van der Waals surface area (Å²) in [6.07, 6.45) is 2.48. The monoisotopic (exact) mass is 214 g/mol. The van der Waals surface area contributed by atoms with Gasteiger partial charge >= 0.3 is 11.9 Å². The van der Waals surface area contributed by atoms with Crippen LogP contribution in [0, 0.1) is 0 Å². The Morgan fingerprint density at radius 1 is 1.07 bits per heavy atom. The predicted octanol–water partition coefficient (Wildman–Crippen LogP) is 1.84. The minimum Gasteiger partial charge on any atom is -0.461 e. The van der Waals surface area contributed by atoms with Crippen LogP contribution in [0.3, 0.4) is 0 Å². The minimum atomic E-state index is -0.232. The first-order chi connectivity index (χ1) is 7.10. The van der Waals surface area contributed by atoms with Crippen molar-refractivity contribution in [1.82, 2.24) is 0 Å². The topological polar surface area (TPSA) is 52.6 Å². The number of esters is 2. The summed E-state index contributed by atoms with van der Waals surface area (Å²) in [5.41, 5.74) is 0.876. The van der Waals surface area contributed by atoms with Crippen molar-refractivity contribution in [3.8, 4) is 0 Å². The first kappa shape index (κ1) is 13.7. The maximum Gasteiger partial charge on any atom is 0.305 e. The standard InChI is InChI=1S/C11H18O4/c1-4-10(12)14-7-6-9(3)8-15-11(13)5-2/h6H,4-5,7-8H2,1-3H3. The number of rotatable bonds is 6. The molecule has 4 heteroatoms. The highest BCUT2D eigenvalue weighted by atomic mass is 16.5. The maximum absolute atomic E-state index is 10.8. The molecule has 0 aromatic carbocycles. The Bertz CT molecular complexity index is 243. The second-order valence-corrected chi connectivity index (χ2v) is 3.10. The SMILES string of the molecule is CCC(=O)OCC=C(C)COC(=O)CC. The molecule has 0 aliphatic carbocycles. The molecule has 0 aliphatic rings. The van der Waals surface area contributed by atoms with Crippen molar-refractivity contribution in [1.29, 1.82) is 0 Å². The predicted molar refractivity (Wildman–Crippen MR) is 56.3 cm³/mol. The van der Waals surface area contributed by atoms with Crippen LogP contribution in [0.1, 0.15) is 33.6 Å². The Balaban J connectivity index is 3.70. The molecule has 0 saturated heterocycles. The van der Waals surface area contributed by atoms with Crippen LogP contribution in [0.25, 0.3) is 0 Å². The second kappa shape index (κ2) is 8.03. The van der Waals surface area contributed by atoms with Gasteiger partial charge in [-0.1, -0.05) is 13.8 Å². The second-order valence-electron chi connectivity index (χ2n) is 3.10. The van der Waals surface area contributed by atoms with E-state index in [-0.39, 0.29) is 25.2 Å². The molecule has 0 fully saturated rings. The third-order valence-corrected chi connectivity index (χ3v) is 1.71. The molecule has 0 rings (SSSR count). The summed E-state index contributed by atoms with van der Waals surface area (Å²) in [5.74, 6) is -0.460. The summed E-state index contributed by atoms with van der Waals surface area (Å²) >= 11 is 0. The van der Waals surface area contributed by atoms with Gasteiger partial charge in [0.05, 0.1) is 0 Å². The zero-order valence-electron chi connectivity index (χ0n) is 9.54. The van der Waals surface area contributed by atoms with Crippen LogP contribution in [0.15, 0.2) is 11.6 Å². The van der Waals surface area contributed by atoms with Crippen LogP contribution >= 0.6 is 0 Å². The van der Waals surface area contributed by atoms with E-state index in [9.17, 15) is 9.59 Å². The summed E-state index contributed by atoms with van der Waals surface area (Å²) in [6.45, 7) is 5.80. The van der Waals surface area contributed by atoms with Gasteiger partial charge in [0.1, 0.15) is 13.2 Å². The average Bonchev–Trinajstić information content (AvgIpc) is 2.25. The first-order valence-electron chi connectivity index (χ1n) is 5.07. The van der Waals surface area contributed by atoms with Gasteiger partial charge in [0.2, 0.25) is 0 Å². The molecule has 86 valence electrons. The smallest absolute Gasteiger partial charge is 0.305 e. The molecule has 0 aromatic heterocycles. The molecule has 0 N–H and O–H groups in total. The van der Waals surface area contributed by atoms with Gasteiger partial charge in [-0.15, -0.1) is 0 Å². The molecule has 15 heavy (non-hydrogen) atoms. The van der Waals surface area contributed by atoms with Crippen LogP contribution in [0.2, 0.25) is 0 Å². The van der Waals surface area contributed by atoms with Crippen molar-refractivity contribution < 1.29 is 19.1 Å². The summed E-state index contributed by atoms with van der Waals surface area (Å²) in [5, 5.41) is 0. The number of carbonyl (C=O) groups excluding carboxylic acids is 2. The van der Waals surface area contributed by atoms with Crippen LogP contribution in [-0.2, 0) is 19.1 Å². The first-order valence-corrected chi connectivity index (χ1v) is 5.07. The van der Waals surface area contributed by atoms with Gasteiger partial charge in [0.25, 0.3) is 0 Å². The van der Waals surface area contributed by atoms with E-state index in [4.69, 9.17) is 9.47 Å².